The maximum absolute atomic E-state index is 12.8. The fourth-order valence-electron chi connectivity index (χ4n) is 1.34. The Morgan fingerprint density at radius 1 is 1.46 bits per heavy atom. The highest BCUT2D eigenvalue weighted by Gasteiger charge is 2.11. The molecule has 0 N–H and O–H groups in total. The average Bonchev–Trinajstić information content (AvgIpc) is 2.01. The van der Waals surface area contributed by atoms with Crippen LogP contribution >= 0.6 is 0 Å². The Balaban J connectivity index is 3.47. The molecule has 2 nitrogen and oxygen atoms in total. The Bertz CT molecular complexity index is 369. The van der Waals surface area contributed by atoms with Crippen molar-refractivity contribution in [2.24, 2.45) is 0 Å². The van der Waals surface area contributed by atoms with Crippen molar-refractivity contribution >= 4 is 12.1 Å². The van der Waals surface area contributed by atoms with E-state index >= 15 is 0 Å². The molecule has 0 aromatic heterocycles. The Hall–Kier alpha value is -1.51. The molecule has 0 aliphatic carbocycles. The molecule has 0 amide bonds. The number of hydrogen-bond donors (Lipinski definition) is 0. The molecule has 0 spiro atoms. The van der Waals surface area contributed by atoms with Gasteiger partial charge in [0, 0.05) is 11.1 Å². The van der Waals surface area contributed by atoms with Crippen LogP contribution < -0.4 is 0 Å². The lowest BCUT2D eigenvalue weighted by molar-refractivity contribution is 0.100. The summed E-state index contributed by atoms with van der Waals surface area (Å²) in [6.07, 6.45) is 0.493. The van der Waals surface area contributed by atoms with E-state index in [2.05, 4.69) is 0 Å². The van der Waals surface area contributed by atoms with Crippen molar-refractivity contribution in [3.8, 4) is 0 Å². The SMILES string of the molecule is CC(=O)c1c(C)cc(F)cc1C=O. The summed E-state index contributed by atoms with van der Waals surface area (Å²) in [6.45, 7) is 2.96. The Labute approximate surface area is 75.4 Å². The first kappa shape index (κ1) is 9.58. The van der Waals surface area contributed by atoms with Gasteiger partial charge in [-0.15, -0.1) is 0 Å². The third-order valence-corrected chi connectivity index (χ3v) is 1.81. The van der Waals surface area contributed by atoms with Gasteiger partial charge in [-0.25, -0.2) is 4.39 Å². The van der Waals surface area contributed by atoms with E-state index in [4.69, 9.17) is 0 Å². The normalized spacial score (nSPS) is 9.77. The molecule has 0 atom stereocenters. The topological polar surface area (TPSA) is 34.1 Å². The molecule has 0 heterocycles. The molecule has 1 aromatic carbocycles. The van der Waals surface area contributed by atoms with Gasteiger partial charge < -0.3 is 0 Å². The van der Waals surface area contributed by atoms with Gasteiger partial charge in [0.15, 0.2) is 12.1 Å². The van der Waals surface area contributed by atoms with E-state index in [1.165, 1.54) is 13.0 Å². The van der Waals surface area contributed by atoms with Gasteiger partial charge >= 0.3 is 0 Å². The molecule has 1 rings (SSSR count). The first-order valence-corrected chi connectivity index (χ1v) is 3.82. The number of carbonyl (C=O) groups is 2. The summed E-state index contributed by atoms with van der Waals surface area (Å²) in [5.41, 5.74) is 0.913. The highest BCUT2D eigenvalue weighted by molar-refractivity contribution is 6.02. The van der Waals surface area contributed by atoms with E-state index < -0.39 is 5.82 Å². The Kier molecular flexibility index (Phi) is 2.56. The van der Waals surface area contributed by atoms with E-state index in [9.17, 15) is 14.0 Å². The molecule has 0 saturated heterocycles. The van der Waals surface area contributed by atoms with Crippen molar-refractivity contribution in [3.63, 3.8) is 0 Å². The van der Waals surface area contributed by atoms with Gasteiger partial charge in [-0.3, -0.25) is 9.59 Å². The van der Waals surface area contributed by atoms with Crippen LogP contribution in [-0.2, 0) is 0 Å². The lowest BCUT2D eigenvalue weighted by Gasteiger charge is -2.04. The standard InChI is InChI=1S/C10H9FO2/c1-6-3-9(11)4-8(5-12)10(6)7(2)13/h3-5H,1-2H3. The Morgan fingerprint density at radius 3 is 2.54 bits per heavy atom. The molecule has 0 bridgehead atoms. The predicted molar refractivity (Wildman–Crippen MR) is 46.5 cm³/mol. The second-order valence-corrected chi connectivity index (χ2v) is 2.86. The van der Waals surface area contributed by atoms with Crippen molar-refractivity contribution in [1.82, 2.24) is 0 Å². The molecular formula is C10H9FO2. The number of halogens is 1. The van der Waals surface area contributed by atoms with Gasteiger partial charge in [0.1, 0.15) is 5.82 Å². The molecule has 13 heavy (non-hydrogen) atoms. The van der Waals surface area contributed by atoms with Crippen LogP contribution in [0.1, 0.15) is 33.2 Å². The third kappa shape index (κ3) is 1.80. The first-order valence-electron chi connectivity index (χ1n) is 3.82. The van der Waals surface area contributed by atoms with Gasteiger partial charge in [0.2, 0.25) is 0 Å². The maximum Gasteiger partial charge on any atom is 0.160 e. The predicted octanol–water partition coefficient (Wildman–Crippen LogP) is 2.15. The number of benzene rings is 1. The molecule has 68 valence electrons. The largest absolute Gasteiger partial charge is 0.298 e. The molecule has 0 saturated carbocycles. The van der Waals surface area contributed by atoms with Gasteiger partial charge in [-0.1, -0.05) is 0 Å². The number of ketones is 1. The summed E-state index contributed by atoms with van der Waals surface area (Å²) in [7, 11) is 0. The molecule has 0 aliphatic heterocycles. The van der Waals surface area contributed by atoms with Gasteiger partial charge in [-0.05, 0) is 31.5 Å². The molecule has 1 aromatic rings. The molecule has 0 fully saturated rings. The number of carbonyl (C=O) groups excluding carboxylic acids is 2. The fraction of sp³-hybridized carbons (Fsp3) is 0.200. The van der Waals surface area contributed by atoms with E-state index in [0.717, 1.165) is 6.07 Å². The molecule has 0 radical (unpaired) electrons. The van der Waals surface area contributed by atoms with Crippen LogP contribution in [0.2, 0.25) is 0 Å². The zero-order chi connectivity index (χ0) is 10.0. The lowest BCUT2D eigenvalue weighted by atomic mass is 9.99. The molecule has 3 heteroatoms. The smallest absolute Gasteiger partial charge is 0.160 e. The Morgan fingerprint density at radius 2 is 2.08 bits per heavy atom. The van der Waals surface area contributed by atoms with Crippen LogP contribution in [0.15, 0.2) is 12.1 Å². The van der Waals surface area contributed by atoms with Crippen LogP contribution in [0, 0.1) is 12.7 Å². The van der Waals surface area contributed by atoms with Crippen molar-refractivity contribution in [2.75, 3.05) is 0 Å². The summed E-state index contributed by atoms with van der Waals surface area (Å²) in [4.78, 5) is 21.6. The summed E-state index contributed by atoms with van der Waals surface area (Å²) >= 11 is 0. The van der Waals surface area contributed by atoms with Crippen molar-refractivity contribution in [1.29, 1.82) is 0 Å². The maximum atomic E-state index is 12.8. The van der Waals surface area contributed by atoms with Crippen LogP contribution in [0.4, 0.5) is 4.39 Å². The second kappa shape index (κ2) is 3.47. The summed E-state index contributed by atoms with van der Waals surface area (Å²) < 4.78 is 12.8. The average molecular weight is 180 g/mol. The van der Waals surface area contributed by atoms with Crippen LogP contribution in [-0.4, -0.2) is 12.1 Å². The zero-order valence-corrected chi connectivity index (χ0v) is 7.43. The number of hydrogen-bond acceptors (Lipinski definition) is 2. The quantitative estimate of drug-likeness (QED) is 0.516. The van der Waals surface area contributed by atoms with Crippen molar-refractivity contribution < 1.29 is 14.0 Å². The molecule has 0 unspecified atom stereocenters. The first-order chi connectivity index (χ1) is 6.06. The zero-order valence-electron chi connectivity index (χ0n) is 7.43. The summed E-state index contributed by atoms with van der Waals surface area (Å²) in [5, 5.41) is 0. The lowest BCUT2D eigenvalue weighted by Crippen LogP contribution is -2.03. The van der Waals surface area contributed by atoms with E-state index in [-0.39, 0.29) is 11.3 Å². The summed E-state index contributed by atoms with van der Waals surface area (Å²) in [6, 6.07) is 2.31. The van der Waals surface area contributed by atoms with Crippen LogP contribution in [0.3, 0.4) is 0 Å². The van der Waals surface area contributed by atoms with E-state index in [0.29, 0.717) is 17.4 Å². The molecule has 0 aliphatic rings. The number of rotatable bonds is 2. The van der Waals surface area contributed by atoms with Gasteiger partial charge in [-0.2, -0.15) is 0 Å². The minimum absolute atomic E-state index is 0.116. The monoisotopic (exact) mass is 180 g/mol. The highest BCUT2D eigenvalue weighted by Crippen LogP contribution is 2.15. The fourth-order valence-corrected chi connectivity index (χ4v) is 1.34. The van der Waals surface area contributed by atoms with Gasteiger partial charge in [0.05, 0.1) is 0 Å². The highest BCUT2D eigenvalue weighted by atomic mass is 19.1. The van der Waals surface area contributed by atoms with Crippen molar-refractivity contribution in [3.05, 3.63) is 34.6 Å². The van der Waals surface area contributed by atoms with Crippen LogP contribution in [0.25, 0.3) is 0 Å². The number of Topliss-reactive ketones (excluding diaryl/α,β-unsaturated/α-hetero) is 1. The molecular weight excluding hydrogens is 171 g/mol. The van der Waals surface area contributed by atoms with Crippen molar-refractivity contribution in [2.45, 2.75) is 13.8 Å². The second-order valence-electron chi connectivity index (χ2n) is 2.86. The van der Waals surface area contributed by atoms with Gasteiger partial charge in [0.25, 0.3) is 0 Å². The van der Waals surface area contributed by atoms with E-state index in [1.54, 1.807) is 6.92 Å². The minimum atomic E-state index is -0.496. The number of aryl methyl sites for hydroxylation is 1. The minimum Gasteiger partial charge on any atom is -0.298 e. The third-order valence-electron chi connectivity index (χ3n) is 1.81. The van der Waals surface area contributed by atoms with Crippen LogP contribution in [0.5, 0.6) is 0 Å². The van der Waals surface area contributed by atoms with E-state index in [1.807, 2.05) is 0 Å². The number of aldehydes is 1. The summed E-state index contributed by atoms with van der Waals surface area (Å²) in [5.74, 6) is -0.718.